The number of rotatable bonds is 6. The van der Waals surface area contributed by atoms with Gasteiger partial charge < -0.3 is 4.74 Å². The van der Waals surface area contributed by atoms with E-state index >= 15 is 0 Å². The second-order valence-electron chi connectivity index (χ2n) is 7.76. The van der Waals surface area contributed by atoms with Crippen molar-refractivity contribution < 1.29 is 14.3 Å². The van der Waals surface area contributed by atoms with Crippen LogP contribution < -0.4 is 5.56 Å². The van der Waals surface area contributed by atoms with Gasteiger partial charge in [0.2, 0.25) is 0 Å². The minimum atomic E-state index is -0.291. The molecule has 2 amide bonds. The molecule has 1 unspecified atom stereocenters. The molecule has 1 aromatic heterocycles. The van der Waals surface area contributed by atoms with E-state index in [-0.39, 0.29) is 30.0 Å². The van der Waals surface area contributed by atoms with Crippen LogP contribution in [0.1, 0.15) is 33.6 Å². The number of ether oxygens (including phenoxy) is 1. The minimum absolute atomic E-state index is 0.0326. The molecular weight excluding hydrogens is 450 g/mol. The van der Waals surface area contributed by atoms with Crippen LogP contribution in [0, 0.1) is 0 Å². The number of hydrogen-bond acceptors (Lipinski definition) is 6. The Hall–Kier alpha value is -2.68. The lowest BCUT2D eigenvalue weighted by Crippen LogP contribution is -2.32. The summed E-state index contributed by atoms with van der Waals surface area (Å²) < 4.78 is 7.37. The molecule has 5 rings (SSSR count). The number of imide groups is 1. The smallest absolute Gasteiger partial charge is 0.262 e. The first kappa shape index (κ1) is 21.2. The Balaban J connectivity index is 1.40. The molecule has 0 bridgehead atoms. The number of amides is 2. The summed E-state index contributed by atoms with van der Waals surface area (Å²) in [4.78, 5) is 44.4. The lowest BCUT2D eigenvalue weighted by molar-refractivity contribution is 0.0664. The maximum Gasteiger partial charge on any atom is 0.262 e. The normalized spacial score (nSPS) is 18.0. The van der Waals surface area contributed by atoms with Gasteiger partial charge in [0.15, 0.2) is 5.16 Å². The van der Waals surface area contributed by atoms with Crippen LogP contribution in [0.2, 0.25) is 5.02 Å². The first-order valence-electron chi connectivity index (χ1n) is 10.4. The summed E-state index contributed by atoms with van der Waals surface area (Å²) in [7, 11) is 0. The third-order valence-corrected chi connectivity index (χ3v) is 6.91. The largest absolute Gasteiger partial charge is 0.376 e. The molecule has 164 valence electrons. The van der Waals surface area contributed by atoms with E-state index in [9.17, 15) is 14.4 Å². The fourth-order valence-electron chi connectivity index (χ4n) is 4.11. The maximum atomic E-state index is 13.2. The van der Waals surface area contributed by atoms with Gasteiger partial charge in [0.05, 0.1) is 34.7 Å². The average Bonchev–Trinajstić information content (AvgIpc) is 3.39. The van der Waals surface area contributed by atoms with Crippen molar-refractivity contribution in [1.82, 2.24) is 14.5 Å². The van der Waals surface area contributed by atoms with Gasteiger partial charge in [0.1, 0.15) is 0 Å². The molecule has 7 nitrogen and oxygen atoms in total. The topological polar surface area (TPSA) is 81.5 Å². The van der Waals surface area contributed by atoms with E-state index < -0.39 is 0 Å². The molecule has 2 aromatic carbocycles. The average molecular weight is 470 g/mol. The summed E-state index contributed by atoms with van der Waals surface area (Å²) in [6, 6.07) is 11.9. The monoisotopic (exact) mass is 469 g/mol. The van der Waals surface area contributed by atoms with Crippen molar-refractivity contribution in [3.63, 3.8) is 0 Å². The number of carbonyl (C=O) groups is 2. The molecule has 0 N–H and O–H groups in total. The summed E-state index contributed by atoms with van der Waals surface area (Å²) in [6.45, 7) is 1.33. The van der Waals surface area contributed by atoms with Crippen molar-refractivity contribution in [3.8, 4) is 0 Å². The van der Waals surface area contributed by atoms with Gasteiger partial charge in [0.25, 0.3) is 17.4 Å². The standard InChI is InChI=1S/C23H20ClN3O4S/c24-14-7-8-18-19(12-14)25-23(27(22(18)30)13-15-4-3-10-31-15)32-11-9-26-20(28)16-5-1-2-6-17(16)21(26)29/h1-2,5-8,12,15H,3-4,9-11,13H2. The molecule has 3 aromatic rings. The molecule has 2 aliphatic heterocycles. The summed E-state index contributed by atoms with van der Waals surface area (Å²) in [6.07, 6.45) is 1.83. The number of fused-ring (bicyclic) bond motifs is 2. The summed E-state index contributed by atoms with van der Waals surface area (Å²) in [5.41, 5.74) is 1.23. The Morgan fingerprint density at radius 3 is 2.53 bits per heavy atom. The van der Waals surface area contributed by atoms with Crippen molar-refractivity contribution >= 4 is 46.1 Å². The first-order valence-corrected chi connectivity index (χ1v) is 11.8. The molecular formula is C23H20ClN3O4S. The molecule has 32 heavy (non-hydrogen) atoms. The number of thioether (sulfide) groups is 1. The van der Waals surface area contributed by atoms with Crippen molar-refractivity contribution in [1.29, 1.82) is 0 Å². The van der Waals surface area contributed by atoms with Crippen LogP contribution >= 0.6 is 23.4 Å². The van der Waals surface area contributed by atoms with Crippen molar-refractivity contribution in [3.05, 3.63) is 69.0 Å². The van der Waals surface area contributed by atoms with E-state index in [2.05, 4.69) is 4.98 Å². The highest BCUT2D eigenvalue weighted by Gasteiger charge is 2.34. The van der Waals surface area contributed by atoms with Crippen molar-refractivity contribution in [2.45, 2.75) is 30.6 Å². The quantitative estimate of drug-likeness (QED) is 0.311. The maximum absolute atomic E-state index is 13.2. The number of aromatic nitrogens is 2. The molecule has 0 saturated carbocycles. The number of halogens is 1. The molecule has 1 saturated heterocycles. The fourth-order valence-corrected chi connectivity index (χ4v) is 5.21. The second kappa shape index (κ2) is 8.69. The van der Waals surface area contributed by atoms with Crippen molar-refractivity contribution in [2.75, 3.05) is 18.9 Å². The lowest BCUT2D eigenvalue weighted by Gasteiger charge is -2.18. The van der Waals surface area contributed by atoms with E-state index in [0.29, 0.717) is 51.1 Å². The third-order valence-electron chi connectivity index (χ3n) is 5.72. The zero-order valence-electron chi connectivity index (χ0n) is 17.1. The SMILES string of the molecule is O=C1c2ccccc2C(=O)N1CCSc1nc2cc(Cl)ccc2c(=O)n1CC1CCCO1. The zero-order chi connectivity index (χ0) is 22.2. The van der Waals surface area contributed by atoms with Gasteiger partial charge in [-0.25, -0.2) is 4.98 Å². The molecule has 9 heteroatoms. The van der Waals surface area contributed by atoms with Crippen molar-refractivity contribution in [2.24, 2.45) is 0 Å². The summed E-state index contributed by atoms with van der Waals surface area (Å²) in [5.74, 6) is -0.169. The highest BCUT2D eigenvalue weighted by Crippen LogP contribution is 2.25. The van der Waals surface area contributed by atoms with Gasteiger partial charge in [-0.05, 0) is 43.2 Å². The van der Waals surface area contributed by atoms with Crippen LogP contribution in [0.4, 0.5) is 0 Å². The van der Waals surface area contributed by atoms with Gasteiger partial charge in [0, 0.05) is 23.9 Å². The van der Waals surface area contributed by atoms with Gasteiger partial charge in [-0.15, -0.1) is 0 Å². The summed E-state index contributed by atoms with van der Waals surface area (Å²) in [5, 5.41) is 1.53. The molecule has 0 aliphatic carbocycles. The first-order chi connectivity index (χ1) is 15.5. The number of hydrogen-bond donors (Lipinski definition) is 0. The predicted molar refractivity (Wildman–Crippen MR) is 123 cm³/mol. The third kappa shape index (κ3) is 3.83. The van der Waals surface area contributed by atoms with Gasteiger partial charge in [-0.2, -0.15) is 0 Å². The molecule has 0 spiro atoms. The Morgan fingerprint density at radius 2 is 1.84 bits per heavy atom. The predicted octanol–water partition coefficient (Wildman–Crippen LogP) is 3.62. The van der Waals surface area contributed by atoms with Gasteiger partial charge in [-0.3, -0.25) is 23.9 Å². The molecule has 1 atom stereocenters. The second-order valence-corrected chi connectivity index (χ2v) is 9.26. The summed E-state index contributed by atoms with van der Waals surface area (Å²) >= 11 is 7.45. The van der Waals surface area contributed by atoms with E-state index in [0.717, 1.165) is 12.8 Å². The number of carbonyl (C=O) groups excluding carboxylic acids is 2. The Bertz CT molecular complexity index is 1250. The molecule has 3 heterocycles. The number of benzene rings is 2. The van der Waals surface area contributed by atoms with Gasteiger partial charge in [-0.1, -0.05) is 35.5 Å². The molecule has 0 radical (unpaired) electrons. The van der Waals surface area contributed by atoms with E-state index in [1.807, 2.05) is 0 Å². The Morgan fingerprint density at radius 1 is 1.09 bits per heavy atom. The van der Waals surface area contributed by atoms with Crippen LogP contribution in [-0.4, -0.2) is 51.3 Å². The number of nitrogens with zero attached hydrogens (tertiary/aromatic N) is 3. The van der Waals surface area contributed by atoms with Crippen LogP contribution in [0.25, 0.3) is 10.9 Å². The van der Waals surface area contributed by atoms with Crippen LogP contribution in [0.5, 0.6) is 0 Å². The Labute approximate surface area is 193 Å². The van der Waals surface area contributed by atoms with Gasteiger partial charge >= 0.3 is 0 Å². The molecule has 1 fully saturated rings. The minimum Gasteiger partial charge on any atom is -0.376 e. The highest BCUT2D eigenvalue weighted by atomic mass is 35.5. The lowest BCUT2D eigenvalue weighted by atomic mass is 10.1. The molecule has 2 aliphatic rings. The fraction of sp³-hybridized carbons (Fsp3) is 0.304. The van der Waals surface area contributed by atoms with E-state index in [4.69, 9.17) is 16.3 Å². The van der Waals surface area contributed by atoms with Crippen LogP contribution in [-0.2, 0) is 11.3 Å². The Kier molecular flexibility index (Phi) is 5.75. The van der Waals surface area contributed by atoms with E-state index in [1.165, 1.54) is 16.7 Å². The zero-order valence-corrected chi connectivity index (χ0v) is 18.7. The van der Waals surface area contributed by atoms with E-state index in [1.54, 1.807) is 47.0 Å². The van der Waals surface area contributed by atoms with Crippen LogP contribution in [0.3, 0.4) is 0 Å². The van der Waals surface area contributed by atoms with Crippen LogP contribution in [0.15, 0.2) is 52.4 Å². The highest BCUT2D eigenvalue weighted by molar-refractivity contribution is 7.99.